The normalized spacial score (nSPS) is 17.5. The summed E-state index contributed by atoms with van der Waals surface area (Å²) in [5, 5.41) is 15.4. The maximum absolute atomic E-state index is 13.1. The summed E-state index contributed by atoms with van der Waals surface area (Å²) in [7, 11) is 0. The van der Waals surface area contributed by atoms with Gasteiger partial charge < -0.3 is 19.6 Å². The maximum Gasteiger partial charge on any atom is 0.410 e. The van der Waals surface area contributed by atoms with Crippen molar-refractivity contribution in [2.45, 2.75) is 70.7 Å². The van der Waals surface area contributed by atoms with Gasteiger partial charge in [0.05, 0.1) is 19.3 Å². The fraction of sp³-hybridized carbons (Fsp3) is 0.371. The number of hydrogen-bond acceptors (Lipinski definition) is 4. The fourth-order valence-corrected chi connectivity index (χ4v) is 5.55. The van der Waals surface area contributed by atoms with Gasteiger partial charge in [-0.05, 0) is 74.1 Å². The molecule has 2 unspecified atom stereocenters. The number of benzene rings is 3. The highest BCUT2D eigenvalue weighted by atomic mass is 16.6. The molecule has 214 valence electrons. The van der Waals surface area contributed by atoms with E-state index in [1.165, 1.54) is 16.3 Å². The van der Waals surface area contributed by atoms with Crippen LogP contribution in [0.1, 0.15) is 61.9 Å². The lowest BCUT2D eigenvalue weighted by molar-refractivity contribution is -0.614. The van der Waals surface area contributed by atoms with Crippen LogP contribution in [-0.4, -0.2) is 35.8 Å². The molecule has 6 heteroatoms. The van der Waals surface area contributed by atoms with E-state index in [9.17, 15) is 10.0 Å². The first-order valence-corrected chi connectivity index (χ1v) is 14.6. The zero-order valence-electron chi connectivity index (χ0n) is 24.3. The zero-order chi connectivity index (χ0) is 28.8. The number of likely N-dealkylation sites (tertiary alicyclic amines) is 1. The third-order valence-electron chi connectivity index (χ3n) is 7.68. The van der Waals surface area contributed by atoms with Crippen LogP contribution in [0.4, 0.5) is 4.79 Å². The van der Waals surface area contributed by atoms with Crippen LogP contribution in [0.2, 0.25) is 0 Å². The van der Waals surface area contributed by atoms with Gasteiger partial charge in [-0.1, -0.05) is 66.7 Å². The summed E-state index contributed by atoms with van der Waals surface area (Å²) in [6.45, 7) is 7.00. The Kier molecular flexibility index (Phi) is 8.89. The number of ether oxygens (including phenoxy) is 2. The Balaban J connectivity index is 1.30. The summed E-state index contributed by atoms with van der Waals surface area (Å²) in [6, 6.07) is 29.0. The molecular weight excluding hydrogens is 512 g/mol. The maximum atomic E-state index is 13.1. The van der Waals surface area contributed by atoms with Crippen LogP contribution < -0.4 is 4.73 Å². The number of fused-ring (bicyclic) bond motifs is 1. The van der Waals surface area contributed by atoms with Gasteiger partial charge in [-0.15, -0.1) is 0 Å². The molecule has 4 aromatic rings. The average Bonchev–Trinajstić information content (AvgIpc) is 2.96. The predicted octanol–water partition coefficient (Wildman–Crippen LogP) is 6.96. The largest absolute Gasteiger partial charge is 0.618 e. The molecule has 1 aromatic heterocycles. The summed E-state index contributed by atoms with van der Waals surface area (Å²) >= 11 is 0. The van der Waals surface area contributed by atoms with Crippen LogP contribution in [0.3, 0.4) is 0 Å². The lowest BCUT2D eigenvalue weighted by atomic mass is 9.87. The molecule has 41 heavy (non-hydrogen) atoms. The zero-order valence-corrected chi connectivity index (χ0v) is 24.3. The summed E-state index contributed by atoms with van der Waals surface area (Å²) in [5.74, 6) is -0.00675. The van der Waals surface area contributed by atoms with Gasteiger partial charge in [-0.3, -0.25) is 0 Å². The minimum Gasteiger partial charge on any atom is -0.618 e. The number of carbonyl (C=O) groups excluding carboxylic acids is 1. The fourth-order valence-electron chi connectivity index (χ4n) is 5.55. The molecule has 0 radical (unpaired) electrons. The molecule has 2 heterocycles. The molecule has 1 fully saturated rings. The summed E-state index contributed by atoms with van der Waals surface area (Å²) in [4.78, 5) is 14.7. The Bertz CT molecular complexity index is 1460. The van der Waals surface area contributed by atoms with Gasteiger partial charge in [-0.2, -0.15) is 4.73 Å². The van der Waals surface area contributed by atoms with E-state index in [2.05, 4.69) is 48.5 Å². The summed E-state index contributed by atoms with van der Waals surface area (Å²) < 4.78 is 13.2. The molecule has 3 aromatic carbocycles. The van der Waals surface area contributed by atoms with Crippen molar-refractivity contribution >= 4 is 16.9 Å². The molecule has 1 aliphatic heterocycles. The molecule has 2 atom stereocenters. The molecule has 1 amide bonds. The van der Waals surface area contributed by atoms with Crippen molar-refractivity contribution < 1.29 is 19.0 Å². The Hall–Kier alpha value is -3.90. The second-order valence-corrected chi connectivity index (χ2v) is 12.0. The topological polar surface area (TPSA) is 65.7 Å². The van der Waals surface area contributed by atoms with Crippen molar-refractivity contribution in [1.29, 1.82) is 0 Å². The molecule has 1 saturated heterocycles. The van der Waals surface area contributed by atoms with E-state index in [0.717, 1.165) is 40.8 Å². The third kappa shape index (κ3) is 7.65. The Labute approximate surface area is 243 Å². The van der Waals surface area contributed by atoms with E-state index in [-0.39, 0.29) is 18.1 Å². The molecule has 1 aliphatic rings. The minimum atomic E-state index is -0.570. The number of aromatic nitrogens is 1. The predicted molar refractivity (Wildman–Crippen MR) is 162 cm³/mol. The summed E-state index contributed by atoms with van der Waals surface area (Å²) in [5.41, 5.74) is 3.50. The first-order valence-electron chi connectivity index (χ1n) is 14.6. The second kappa shape index (κ2) is 12.7. The smallest absolute Gasteiger partial charge is 0.410 e. The number of rotatable bonds is 8. The van der Waals surface area contributed by atoms with E-state index in [1.807, 2.05) is 57.2 Å². The number of amides is 1. The summed E-state index contributed by atoms with van der Waals surface area (Å²) in [6.07, 6.45) is 4.37. The van der Waals surface area contributed by atoms with Gasteiger partial charge in [0.15, 0.2) is 11.9 Å². The number of hydrogen-bond donors (Lipinski definition) is 0. The molecule has 0 saturated carbocycles. The average molecular weight is 553 g/mol. The Morgan fingerprint density at radius 3 is 2.44 bits per heavy atom. The number of pyridine rings is 1. The van der Waals surface area contributed by atoms with Crippen molar-refractivity contribution in [1.82, 2.24) is 4.90 Å². The molecule has 0 N–H and O–H groups in total. The Morgan fingerprint density at radius 1 is 0.927 bits per heavy atom. The van der Waals surface area contributed by atoms with Crippen LogP contribution in [0, 0.1) is 5.21 Å². The Morgan fingerprint density at radius 2 is 1.68 bits per heavy atom. The first kappa shape index (κ1) is 28.6. The van der Waals surface area contributed by atoms with E-state index in [4.69, 9.17) is 9.47 Å². The van der Waals surface area contributed by atoms with Crippen molar-refractivity contribution in [2.24, 2.45) is 0 Å². The standard InChI is InChI=1S/C35H40N2O4/c1-35(2,3)41-34(38)36-21-20-32(33(24-36)40-25-27-16-17-28-13-7-8-14-29(28)22-27)30-18-19-31(37(39)23-30)15-9-12-26-10-5-4-6-11-26/h4-8,10-11,13-14,16-19,22-23,32-33H,9,12,15,20-21,24-25H2,1-3H3. The van der Waals surface area contributed by atoms with E-state index in [0.29, 0.717) is 26.1 Å². The van der Waals surface area contributed by atoms with Gasteiger partial charge in [0, 0.05) is 30.5 Å². The lowest BCUT2D eigenvalue weighted by Crippen LogP contribution is -2.48. The molecule has 0 bridgehead atoms. The highest BCUT2D eigenvalue weighted by Crippen LogP contribution is 2.32. The number of carbonyl (C=O) groups is 1. The van der Waals surface area contributed by atoms with Crippen molar-refractivity contribution in [3.05, 3.63) is 119 Å². The molecule has 0 aliphatic carbocycles. The van der Waals surface area contributed by atoms with Gasteiger partial charge in [0.2, 0.25) is 0 Å². The molecular formula is C35H40N2O4. The molecule has 6 nitrogen and oxygen atoms in total. The quantitative estimate of drug-likeness (QED) is 0.175. The molecule has 0 spiro atoms. The number of nitrogens with zero attached hydrogens (tertiary/aromatic N) is 2. The van der Waals surface area contributed by atoms with Crippen molar-refractivity contribution in [3.63, 3.8) is 0 Å². The van der Waals surface area contributed by atoms with Gasteiger partial charge >= 0.3 is 6.09 Å². The third-order valence-corrected chi connectivity index (χ3v) is 7.68. The number of aryl methyl sites for hydroxylation is 2. The van der Waals surface area contributed by atoms with Crippen molar-refractivity contribution in [2.75, 3.05) is 13.1 Å². The van der Waals surface area contributed by atoms with Crippen LogP contribution >= 0.6 is 0 Å². The highest BCUT2D eigenvalue weighted by Gasteiger charge is 2.36. The molecule has 5 rings (SSSR count). The van der Waals surface area contributed by atoms with Crippen molar-refractivity contribution in [3.8, 4) is 0 Å². The van der Waals surface area contributed by atoms with Gasteiger partial charge in [0.25, 0.3) is 0 Å². The highest BCUT2D eigenvalue weighted by molar-refractivity contribution is 5.82. The number of piperidine rings is 1. The van der Waals surface area contributed by atoms with Crippen LogP contribution in [0.25, 0.3) is 10.8 Å². The lowest BCUT2D eigenvalue weighted by Gasteiger charge is -2.38. The minimum absolute atomic E-state index is 0.00675. The SMILES string of the molecule is CC(C)(C)OC(=O)N1CCC(c2ccc(CCCc3ccccc3)[n+]([O-])c2)C(OCc2ccc3ccccc3c2)C1. The monoisotopic (exact) mass is 552 g/mol. The van der Waals surface area contributed by atoms with Gasteiger partial charge in [0.1, 0.15) is 5.60 Å². The van der Waals surface area contributed by atoms with E-state index >= 15 is 0 Å². The first-order chi connectivity index (χ1) is 19.7. The van der Waals surface area contributed by atoms with E-state index < -0.39 is 5.60 Å². The van der Waals surface area contributed by atoms with Crippen LogP contribution in [-0.2, 0) is 28.9 Å². The van der Waals surface area contributed by atoms with Crippen LogP contribution in [0.5, 0.6) is 0 Å². The van der Waals surface area contributed by atoms with Gasteiger partial charge in [-0.25, -0.2) is 4.79 Å². The van der Waals surface area contributed by atoms with E-state index in [1.54, 1.807) is 11.1 Å². The van der Waals surface area contributed by atoms with Crippen LogP contribution in [0.15, 0.2) is 91.1 Å². The second-order valence-electron chi connectivity index (χ2n) is 12.0.